The molecule has 0 saturated heterocycles. The van der Waals surface area contributed by atoms with Crippen molar-refractivity contribution in [1.82, 2.24) is 9.78 Å². The minimum absolute atomic E-state index is 0.0361. The zero-order valence-electron chi connectivity index (χ0n) is 10.6. The molecule has 100 valence electrons. The summed E-state index contributed by atoms with van der Waals surface area (Å²) >= 11 is 3.39. The number of aromatic nitrogens is 2. The van der Waals surface area contributed by atoms with Gasteiger partial charge in [0.15, 0.2) is 0 Å². The maximum atomic E-state index is 12.2. The molecule has 3 rings (SSSR count). The van der Waals surface area contributed by atoms with Crippen LogP contribution in [0.2, 0.25) is 0 Å². The molecule has 2 aromatic rings. The lowest BCUT2D eigenvalue weighted by molar-refractivity contribution is 0.340. The molecule has 0 spiro atoms. The van der Waals surface area contributed by atoms with Crippen molar-refractivity contribution < 1.29 is 4.74 Å². The van der Waals surface area contributed by atoms with Crippen LogP contribution in [0.4, 0.5) is 0 Å². The monoisotopic (exact) mass is 322 g/mol. The van der Waals surface area contributed by atoms with Gasteiger partial charge in [0.25, 0.3) is 5.56 Å². The number of aromatic amines is 1. The molecule has 1 aliphatic carbocycles. The molecule has 1 aromatic heterocycles. The second kappa shape index (κ2) is 4.89. The van der Waals surface area contributed by atoms with E-state index in [-0.39, 0.29) is 5.56 Å². The highest BCUT2D eigenvalue weighted by Gasteiger charge is 2.29. The summed E-state index contributed by atoms with van der Waals surface area (Å²) in [6.07, 6.45) is 2.31. The van der Waals surface area contributed by atoms with Gasteiger partial charge in [0.05, 0.1) is 18.0 Å². The van der Waals surface area contributed by atoms with Crippen molar-refractivity contribution >= 4 is 15.9 Å². The molecule has 4 nitrogen and oxygen atoms in total. The Morgan fingerprint density at radius 1 is 1.37 bits per heavy atom. The Kier molecular flexibility index (Phi) is 3.22. The molecule has 0 radical (unpaired) electrons. The molecule has 5 heteroatoms. The third-order valence-corrected chi connectivity index (χ3v) is 4.02. The van der Waals surface area contributed by atoms with Crippen LogP contribution in [0.25, 0.3) is 5.69 Å². The Hall–Kier alpha value is -1.49. The van der Waals surface area contributed by atoms with Gasteiger partial charge in [0.1, 0.15) is 10.2 Å². The number of benzene rings is 1. The SMILES string of the molecule is CCOc1ccc(-n2[nH]c(C3CC3)c(Br)c2=O)cc1. The summed E-state index contributed by atoms with van der Waals surface area (Å²) in [6, 6.07) is 7.51. The largest absolute Gasteiger partial charge is 0.494 e. The van der Waals surface area contributed by atoms with E-state index >= 15 is 0 Å². The van der Waals surface area contributed by atoms with Gasteiger partial charge in [-0.2, -0.15) is 0 Å². The van der Waals surface area contributed by atoms with Crippen molar-refractivity contribution in [3.05, 3.63) is 44.8 Å². The smallest absolute Gasteiger partial charge is 0.285 e. The highest BCUT2D eigenvalue weighted by molar-refractivity contribution is 9.10. The van der Waals surface area contributed by atoms with E-state index < -0.39 is 0 Å². The van der Waals surface area contributed by atoms with Crippen molar-refractivity contribution in [3.8, 4) is 11.4 Å². The molecule has 0 bridgehead atoms. The summed E-state index contributed by atoms with van der Waals surface area (Å²) in [5.41, 5.74) is 1.80. The Balaban J connectivity index is 1.97. The molecule has 0 amide bonds. The Bertz CT molecular complexity index is 638. The molecule has 0 atom stereocenters. The number of hydrogen-bond acceptors (Lipinski definition) is 2. The average molecular weight is 323 g/mol. The summed E-state index contributed by atoms with van der Waals surface area (Å²) < 4.78 is 7.63. The standard InChI is InChI=1S/C14H15BrN2O2/c1-2-19-11-7-5-10(6-8-11)17-14(18)12(15)13(16-17)9-3-4-9/h5-9,16H,2-4H2,1H3. The van der Waals surface area contributed by atoms with Gasteiger partial charge >= 0.3 is 0 Å². The average Bonchev–Trinajstić information content (AvgIpc) is 3.21. The van der Waals surface area contributed by atoms with E-state index in [1.54, 1.807) is 4.68 Å². The second-order valence-corrected chi connectivity index (χ2v) is 5.47. The van der Waals surface area contributed by atoms with Crippen LogP contribution < -0.4 is 10.3 Å². The zero-order valence-corrected chi connectivity index (χ0v) is 12.2. The van der Waals surface area contributed by atoms with E-state index in [9.17, 15) is 4.79 Å². The van der Waals surface area contributed by atoms with Gasteiger partial charge < -0.3 is 4.74 Å². The number of rotatable bonds is 4. The van der Waals surface area contributed by atoms with Gasteiger partial charge in [0.2, 0.25) is 0 Å². The van der Waals surface area contributed by atoms with Gasteiger partial charge in [-0.05, 0) is 60.0 Å². The third kappa shape index (κ3) is 2.34. The summed E-state index contributed by atoms with van der Waals surface area (Å²) in [7, 11) is 0. The lowest BCUT2D eigenvalue weighted by Gasteiger charge is -2.05. The molecular formula is C14H15BrN2O2. The number of halogens is 1. The molecule has 1 aromatic carbocycles. The number of hydrogen-bond donors (Lipinski definition) is 1. The van der Waals surface area contributed by atoms with Crippen molar-refractivity contribution in [2.24, 2.45) is 0 Å². The summed E-state index contributed by atoms with van der Waals surface area (Å²) in [6.45, 7) is 2.58. The summed E-state index contributed by atoms with van der Waals surface area (Å²) in [5, 5.41) is 3.20. The lowest BCUT2D eigenvalue weighted by Crippen LogP contribution is -2.14. The van der Waals surface area contributed by atoms with Crippen LogP contribution in [0.1, 0.15) is 31.4 Å². The Labute approximate surface area is 119 Å². The van der Waals surface area contributed by atoms with Gasteiger partial charge in [-0.15, -0.1) is 0 Å². The fourth-order valence-corrected chi connectivity index (χ4v) is 2.71. The van der Waals surface area contributed by atoms with Crippen molar-refractivity contribution in [1.29, 1.82) is 0 Å². The highest BCUT2D eigenvalue weighted by Crippen LogP contribution is 2.41. The van der Waals surface area contributed by atoms with E-state index in [1.807, 2.05) is 31.2 Å². The number of nitrogens with one attached hydrogen (secondary N) is 1. The molecule has 1 fully saturated rings. The maximum Gasteiger partial charge on any atom is 0.285 e. The molecule has 0 aliphatic heterocycles. The molecule has 1 saturated carbocycles. The van der Waals surface area contributed by atoms with Gasteiger partial charge in [-0.3, -0.25) is 9.89 Å². The number of H-pyrrole nitrogens is 1. The van der Waals surface area contributed by atoms with Crippen LogP contribution in [0.15, 0.2) is 33.5 Å². The summed E-state index contributed by atoms with van der Waals surface area (Å²) in [4.78, 5) is 12.2. The van der Waals surface area contributed by atoms with Crippen LogP contribution in [0.3, 0.4) is 0 Å². The number of nitrogens with zero attached hydrogens (tertiary/aromatic N) is 1. The minimum atomic E-state index is -0.0361. The zero-order chi connectivity index (χ0) is 13.4. The topological polar surface area (TPSA) is 47.0 Å². The third-order valence-electron chi connectivity index (χ3n) is 3.25. The van der Waals surface area contributed by atoms with Crippen molar-refractivity contribution in [2.45, 2.75) is 25.7 Å². The molecule has 0 unspecified atom stereocenters. The first-order valence-corrected chi connectivity index (χ1v) is 7.23. The van der Waals surface area contributed by atoms with Crippen molar-refractivity contribution in [3.63, 3.8) is 0 Å². The van der Waals surface area contributed by atoms with Crippen LogP contribution in [-0.2, 0) is 0 Å². The molecule has 19 heavy (non-hydrogen) atoms. The van der Waals surface area contributed by atoms with E-state index in [2.05, 4.69) is 21.0 Å². The second-order valence-electron chi connectivity index (χ2n) is 4.68. The molecule has 1 N–H and O–H groups in total. The predicted octanol–water partition coefficient (Wildman–Crippen LogP) is 3.20. The normalized spacial score (nSPS) is 14.6. The Morgan fingerprint density at radius 3 is 2.63 bits per heavy atom. The predicted molar refractivity (Wildman–Crippen MR) is 77.2 cm³/mol. The van der Waals surface area contributed by atoms with Crippen LogP contribution in [0.5, 0.6) is 5.75 Å². The van der Waals surface area contributed by atoms with E-state index in [0.29, 0.717) is 17.0 Å². The first-order valence-electron chi connectivity index (χ1n) is 6.44. The Morgan fingerprint density at radius 2 is 2.05 bits per heavy atom. The maximum absolute atomic E-state index is 12.2. The summed E-state index contributed by atoms with van der Waals surface area (Å²) in [5.74, 6) is 1.32. The van der Waals surface area contributed by atoms with E-state index in [1.165, 1.54) is 0 Å². The fraction of sp³-hybridized carbons (Fsp3) is 0.357. The first kappa shape index (κ1) is 12.5. The van der Waals surface area contributed by atoms with Crippen LogP contribution >= 0.6 is 15.9 Å². The first-order chi connectivity index (χ1) is 9.20. The van der Waals surface area contributed by atoms with Crippen molar-refractivity contribution in [2.75, 3.05) is 6.61 Å². The fourth-order valence-electron chi connectivity index (χ4n) is 2.12. The molecule has 1 aliphatic rings. The van der Waals surface area contributed by atoms with Gasteiger partial charge in [-0.25, -0.2) is 4.68 Å². The van der Waals surface area contributed by atoms with E-state index in [0.717, 1.165) is 30.0 Å². The van der Waals surface area contributed by atoms with Gasteiger partial charge in [0, 0.05) is 5.92 Å². The van der Waals surface area contributed by atoms with Crippen LogP contribution in [0, 0.1) is 0 Å². The lowest BCUT2D eigenvalue weighted by atomic mass is 10.3. The molecular weight excluding hydrogens is 308 g/mol. The van der Waals surface area contributed by atoms with Gasteiger partial charge in [-0.1, -0.05) is 0 Å². The molecule has 1 heterocycles. The number of ether oxygens (including phenoxy) is 1. The van der Waals surface area contributed by atoms with E-state index in [4.69, 9.17) is 4.74 Å². The highest BCUT2D eigenvalue weighted by atomic mass is 79.9. The minimum Gasteiger partial charge on any atom is -0.494 e. The van der Waals surface area contributed by atoms with Crippen LogP contribution in [-0.4, -0.2) is 16.4 Å². The quantitative estimate of drug-likeness (QED) is 0.939.